The zero-order valence-electron chi connectivity index (χ0n) is 19.2. The summed E-state index contributed by atoms with van der Waals surface area (Å²) in [4.78, 5) is 9.79. The lowest BCUT2D eigenvalue weighted by atomic mass is 9.79. The van der Waals surface area contributed by atoms with Crippen LogP contribution in [0.1, 0.15) is 53.9 Å². The van der Waals surface area contributed by atoms with Crippen molar-refractivity contribution in [3.8, 4) is 0 Å². The molecule has 0 aromatic carbocycles. The molecular weight excluding hydrogens is 424 g/mol. The summed E-state index contributed by atoms with van der Waals surface area (Å²) in [6.45, 7) is 7.67. The first kappa shape index (κ1) is 21.9. The summed E-state index contributed by atoms with van der Waals surface area (Å²) in [5, 5.41) is 12.4. The molecule has 0 amide bonds. The Labute approximate surface area is 193 Å². The number of β-amino-alcohol motifs (C(OH)–C–C–N with tert-alkyl or cyclic N) is 1. The van der Waals surface area contributed by atoms with Gasteiger partial charge in [-0.25, -0.2) is 4.98 Å². The molecule has 3 aliphatic heterocycles. The maximum Gasteiger partial charge on any atom is 0.139 e. The fourth-order valence-corrected chi connectivity index (χ4v) is 6.45. The van der Waals surface area contributed by atoms with Crippen LogP contribution in [0.5, 0.6) is 0 Å². The van der Waals surface area contributed by atoms with Crippen LogP contribution in [0.2, 0.25) is 0 Å². The smallest absolute Gasteiger partial charge is 0.139 e. The van der Waals surface area contributed by atoms with E-state index in [1.54, 1.807) is 11.1 Å². The number of likely N-dealkylation sites (tertiary alicyclic amines) is 1. The molecule has 1 saturated heterocycles. The van der Waals surface area contributed by atoms with Crippen LogP contribution in [0, 0.1) is 0 Å². The van der Waals surface area contributed by atoms with Crippen molar-refractivity contribution in [1.29, 1.82) is 0 Å². The zero-order valence-corrected chi connectivity index (χ0v) is 20.0. The van der Waals surface area contributed by atoms with E-state index in [1.807, 2.05) is 40.4 Å². The quantitative estimate of drug-likeness (QED) is 0.613. The van der Waals surface area contributed by atoms with Gasteiger partial charge in [-0.2, -0.15) is 0 Å². The van der Waals surface area contributed by atoms with Gasteiger partial charge in [0.25, 0.3) is 0 Å². The van der Waals surface area contributed by atoms with Crippen molar-refractivity contribution in [3.63, 3.8) is 0 Å². The van der Waals surface area contributed by atoms with Crippen molar-refractivity contribution in [2.24, 2.45) is 7.05 Å². The van der Waals surface area contributed by atoms with Crippen LogP contribution in [-0.2, 0) is 30.2 Å². The number of aryl methyl sites for hydroxylation is 2. The number of fused-ring (bicyclic) bond motifs is 2. The van der Waals surface area contributed by atoms with Crippen LogP contribution in [0.15, 0.2) is 30.4 Å². The van der Waals surface area contributed by atoms with E-state index >= 15 is 0 Å². The summed E-state index contributed by atoms with van der Waals surface area (Å²) in [5.74, 6) is 0.662. The molecule has 0 bridgehead atoms. The highest BCUT2D eigenvalue weighted by Gasteiger charge is 2.44. The van der Waals surface area contributed by atoms with Gasteiger partial charge in [0.05, 0.1) is 24.4 Å². The third-order valence-electron chi connectivity index (χ3n) is 7.03. The highest BCUT2D eigenvalue weighted by atomic mass is 32.1. The van der Waals surface area contributed by atoms with Crippen molar-refractivity contribution in [2.75, 3.05) is 26.2 Å². The van der Waals surface area contributed by atoms with E-state index in [-0.39, 0.29) is 5.60 Å². The third-order valence-corrected chi connectivity index (χ3v) is 8.37. The predicted molar refractivity (Wildman–Crippen MR) is 125 cm³/mol. The number of ether oxygens (including phenoxy) is 1. The molecule has 174 valence electrons. The molecule has 3 N–H and O–H groups in total. The fourth-order valence-electron chi connectivity index (χ4n) is 5.27. The van der Waals surface area contributed by atoms with Gasteiger partial charge < -0.3 is 19.8 Å². The standard InChI is InChI=1S/C23H34N6O2S/c1-4-18-11-19-21(32-18)5-10-31-23(19)6-8-28(16(2)12-23)13-17-14-29(26-25-17)15-20(30)22-24-7-9-27(22)3/h7,9,11,14,16,20,25-26,30H,4-6,8,10,12-13,15H2,1-3H3/t16-,20?,23+/m0/s1. The minimum Gasteiger partial charge on any atom is -0.383 e. The van der Waals surface area contributed by atoms with Crippen LogP contribution in [-0.4, -0.2) is 56.8 Å². The van der Waals surface area contributed by atoms with Gasteiger partial charge in [-0.15, -0.1) is 16.9 Å². The number of nitrogens with one attached hydrogen (secondary N) is 2. The molecule has 1 unspecified atom stereocenters. The minimum absolute atomic E-state index is 0.110. The van der Waals surface area contributed by atoms with Crippen molar-refractivity contribution >= 4 is 11.3 Å². The van der Waals surface area contributed by atoms with E-state index in [0.29, 0.717) is 18.4 Å². The van der Waals surface area contributed by atoms with Crippen LogP contribution in [0.3, 0.4) is 0 Å². The van der Waals surface area contributed by atoms with Crippen LogP contribution >= 0.6 is 11.3 Å². The molecule has 0 aliphatic carbocycles. The number of aliphatic hydroxyl groups is 1. The number of thiophene rings is 1. The number of hydrazine groups is 2. The van der Waals surface area contributed by atoms with Gasteiger partial charge in [-0.1, -0.05) is 6.92 Å². The molecule has 3 aliphatic rings. The molecule has 0 radical (unpaired) electrons. The second-order valence-electron chi connectivity index (χ2n) is 9.23. The first-order valence-corrected chi connectivity index (χ1v) is 12.4. The lowest BCUT2D eigenvalue weighted by molar-refractivity contribution is -0.109. The van der Waals surface area contributed by atoms with Crippen LogP contribution in [0.25, 0.3) is 0 Å². The molecule has 0 saturated carbocycles. The van der Waals surface area contributed by atoms with Crippen LogP contribution in [0.4, 0.5) is 0 Å². The number of aromatic nitrogens is 2. The molecule has 2 aromatic heterocycles. The number of piperidine rings is 1. The van der Waals surface area contributed by atoms with Gasteiger partial charge in [-0.3, -0.25) is 9.91 Å². The summed E-state index contributed by atoms with van der Waals surface area (Å²) < 4.78 is 8.33. The highest BCUT2D eigenvalue weighted by Crippen LogP contribution is 2.46. The van der Waals surface area contributed by atoms with Crippen LogP contribution < -0.4 is 11.0 Å². The molecule has 1 spiro atoms. The largest absolute Gasteiger partial charge is 0.383 e. The number of hydrogen-bond donors (Lipinski definition) is 3. The van der Waals surface area contributed by atoms with E-state index in [4.69, 9.17) is 4.74 Å². The van der Waals surface area contributed by atoms with Gasteiger partial charge in [0.15, 0.2) is 0 Å². The van der Waals surface area contributed by atoms with Crippen molar-refractivity contribution in [1.82, 2.24) is 30.4 Å². The van der Waals surface area contributed by atoms with Gasteiger partial charge >= 0.3 is 0 Å². The molecule has 5 heterocycles. The zero-order chi connectivity index (χ0) is 22.3. The first-order chi connectivity index (χ1) is 15.5. The van der Waals surface area contributed by atoms with E-state index in [0.717, 1.165) is 51.1 Å². The summed E-state index contributed by atoms with van der Waals surface area (Å²) in [6, 6.07) is 2.84. The Hall–Kier alpha value is -1.91. The third kappa shape index (κ3) is 4.08. The molecule has 8 nitrogen and oxygen atoms in total. The number of nitrogens with zero attached hydrogens (tertiary/aromatic N) is 4. The number of rotatable bonds is 6. The molecule has 9 heteroatoms. The average Bonchev–Trinajstić information content (AvgIpc) is 3.50. The SMILES string of the molecule is CCc1cc2c(s1)CCO[C@@]21CCN(CC2=CN(CC(O)c3nccn3C)NN2)[C@@H](C)C1. The van der Waals surface area contributed by atoms with Gasteiger partial charge in [0, 0.05) is 60.9 Å². The van der Waals surface area contributed by atoms with Gasteiger partial charge in [-0.05, 0) is 37.8 Å². The lowest BCUT2D eigenvalue weighted by Gasteiger charge is -2.47. The lowest BCUT2D eigenvalue weighted by Crippen LogP contribution is -2.51. The highest BCUT2D eigenvalue weighted by molar-refractivity contribution is 7.12. The monoisotopic (exact) mass is 458 g/mol. The number of aliphatic hydroxyl groups excluding tert-OH is 1. The molecule has 1 fully saturated rings. The molecule has 5 rings (SSSR count). The maximum absolute atomic E-state index is 10.5. The fraction of sp³-hybridized carbons (Fsp3) is 0.609. The topological polar surface area (TPSA) is 77.8 Å². The molecule has 32 heavy (non-hydrogen) atoms. The number of hydrogen-bond acceptors (Lipinski definition) is 8. The Bertz CT molecular complexity index is 987. The minimum atomic E-state index is -0.662. The van der Waals surface area contributed by atoms with E-state index in [2.05, 4.69) is 40.8 Å². The molecule has 2 aromatic rings. The van der Waals surface area contributed by atoms with E-state index < -0.39 is 6.10 Å². The Morgan fingerprint density at radius 3 is 3.06 bits per heavy atom. The predicted octanol–water partition coefficient (Wildman–Crippen LogP) is 2.20. The molecular formula is C23H34N6O2S. The maximum atomic E-state index is 10.5. The Kier molecular flexibility index (Phi) is 6.02. The number of imidazole rings is 1. The Morgan fingerprint density at radius 2 is 2.31 bits per heavy atom. The summed E-state index contributed by atoms with van der Waals surface area (Å²) in [7, 11) is 1.89. The molecule has 3 atom stereocenters. The van der Waals surface area contributed by atoms with Crippen molar-refractivity contribution in [3.05, 3.63) is 51.5 Å². The normalized spacial score (nSPS) is 26.8. The summed E-state index contributed by atoms with van der Waals surface area (Å²) in [6.07, 6.45) is 9.16. The van der Waals surface area contributed by atoms with Crippen molar-refractivity contribution < 1.29 is 9.84 Å². The first-order valence-electron chi connectivity index (χ1n) is 11.6. The summed E-state index contributed by atoms with van der Waals surface area (Å²) in [5.41, 5.74) is 8.87. The Balaban J connectivity index is 1.21. The van der Waals surface area contributed by atoms with Crippen molar-refractivity contribution in [2.45, 2.75) is 57.3 Å². The Morgan fingerprint density at radius 1 is 1.44 bits per heavy atom. The summed E-state index contributed by atoms with van der Waals surface area (Å²) >= 11 is 1.98. The van der Waals surface area contributed by atoms with E-state index in [1.165, 1.54) is 10.4 Å². The second-order valence-corrected chi connectivity index (χ2v) is 10.4. The average molecular weight is 459 g/mol. The van der Waals surface area contributed by atoms with Gasteiger partial charge in [0.1, 0.15) is 11.9 Å². The van der Waals surface area contributed by atoms with E-state index in [9.17, 15) is 5.11 Å². The van der Waals surface area contributed by atoms with Gasteiger partial charge in [0.2, 0.25) is 0 Å². The second kappa shape index (κ2) is 8.79.